The second-order valence-corrected chi connectivity index (χ2v) is 13.0. The summed E-state index contributed by atoms with van der Waals surface area (Å²) in [7, 11) is 0. The van der Waals surface area contributed by atoms with E-state index in [0.29, 0.717) is 35.6 Å². The zero-order valence-corrected chi connectivity index (χ0v) is 28.4. The maximum Gasteiger partial charge on any atom is 0.364 e. The van der Waals surface area contributed by atoms with Crippen LogP contribution in [0.5, 0.6) is 0 Å². The lowest BCUT2D eigenvalue weighted by atomic mass is 9.88. The molecule has 1 aliphatic rings. The molecule has 3 aromatic rings. The van der Waals surface area contributed by atoms with Gasteiger partial charge in [0, 0.05) is 43.3 Å². The van der Waals surface area contributed by atoms with Gasteiger partial charge in [0.25, 0.3) is 17.6 Å². The Hall–Kier alpha value is -4.31. The van der Waals surface area contributed by atoms with E-state index >= 15 is 0 Å². The van der Waals surface area contributed by atoms with E-state index in [1.165, 1.54) is 18.7 Å². The predicted octanol–water partition coefficient (Wildman–Crippen LogP) is 1.81. The lowest BCUT2D eigenvalue weighted by Crippen LogP contribution is -2.68. The molecule has 3 amide bonds. The molecule has 13 nitrogen and oxygen atoms in total. The molecule has 0 spiro atoms. The molecule has 50 heavy (non-hydrogen) atoms. The zero-order valence-electron chi connectivity index (χ0n) is 27.6. The number of aliphatic hydroxyl groups is 3. The number of carbonyl (C=O) groups is 4. The van der Waals surface area contributed by atoms with Crippen LogP contribution in [0.4, 0.5) is 0 Å². The first kappa shape index (κ1) is 38.5. The highest BCUT2D eigenvalue weighted by atomic mass is 32.2. The van der Waals surface area contributed by atoms with Crippen molar-refractivity contribution in [3.8, 4) is 11.1 Å². The van der Waals surface area contributed by atoms with Crippen LogP contribution in [0.3, 0.4) is 0 Å². The standard InChI is InChI=1S/C36H43N3O10S/c1-23(40)39-30-28(41)21-36(35(46)47,48-18-8-19-50-20-17-37-33(44)26-11-6-3-7-12-26)49-32(30)31(43)29(42)22-38-34(45)27-15-13-25(14-16-27)24-9-4-2-5-10-24/h2-7,9-16,28-32,41-43H,8,17-22H2,1H3,(H,37,44)(H,38,45)(H,39,40)(H,46,47)/t28-,29+,30+,31+,32+,36+/m0/s1. The third kappa shape index (κ3) is 10.6. The topological polar surface area (TPSA) is 204 Å². The summed E-state index contributed by atoms with van der Waals surface area (Å²) in [5.74, 6) is -4.08. The maximum absolute atomic E-state index is 12.8. The number of amides is 3. The lowest BCUT2D eigenvalue weighted by molar-refractivity contribution is -0.310. The first-order valence-corrected chi connectivity index (χ1v) is 17.4. The third-order valence-corrected chi connectivity index (χ3v) is 9.13. The molecule has 0 aromatic heterocycles. The Bertz CT molecular complexity index is 1560. The van der Waals surface area contributed by atoms with Crippen LogP contribution in [0.2, 0.25) is 0 Å². The van der Waals surface area contributed by atoms with Gasteiger partial charge in [0.2, 0.25) is 5.91 Å². The van der Waals surface area contributed by atoms with E-state index in [1.807, 2.05) is 36.4 Å². The Kier molecular flexibility index (Phi) is 14.3. The smallest absolute Gasteiger partial charge is 0.364 e. The van der Waals surface area contributed by atoms with E-state index in [-0.39, 0.29) is 12.5 Å². The number of hydrogen-bond donors (Lipinski definition) is 7. The second-order valence-electron chi connectivity index (χ2n) is 11.8. The monoisotopic (exact) mass is 709 g/mol. The summed E-state index contributed by atoms with van der Waals surface area (Å²) in [6.07, 6.45) is -6.86. The van der Waals surface area contributed by atoms with Crippen molar-refractivity contribution < 1.29 is 49.1 Å². The summed E-state index contributed by atoms with van der Waals surface area (Å²) in [4.78, 5) is 49.4. The van der Waals surface area contributed by atoms with Crippen molar-refractivity contribution in [3.63, 3.8) is 0 Å². The largest absolute Gasteiger partial charge is 0.477 e. The van der Waals surface area contributed by atoms with Crippen molar-refractivity contribution in [2.75, 3.05) is 31.2 Å². The number of carboxylic acids is 1. The number of hydrogen-bond acceptors (Lipinski definition) is 10. The highest BCUT2D eigenvalue weighted by Gasteiger charge is 2.55. The number of nitrogens with one attached hydrogen (secondary N) is 3. The molecular formula is C36H43N3O10S. The summed E-state index contributed by atoms with van der Waals surface area (Å²) in [6.45, 7) is 1.07. The summed E-state index contributed by atoms with van der Waals surface area (Å²) in [5, 5.41) is 50.9. The Morgan fingerprint density at radius 3 is 2.12 bits per heavy atom. The van der Waals surface area contributed by atoms with Gasteiger partial charge in [0.1, 0.15) is 12.2 Å². The molecule has 1 heterocycles. The van der Waals surface area contributed by atoms with Crippen LogP contribution in [0.15, 0.2) is 84.9 Å². The number of thioether (sulfide) groups is 1. The van der Waals surface area contributed by atoms with Gasteiger partial charge in [-0.05, 0) is 47.6 Å². The molecule has 6 atom stereocenters. The minimum atomic E-state index is -2.39. The quantitative estimate of drug-likeness (QED) is 0.101. The van der Waals surface area contributed by atoms with Gasteiger partial charge in [-0.15, -0.1) is 0 Å². The second kappa shape index (κ2) is 18.6. The Morgan fingerprint density at radius 2 is 1.48 bits per heavy atom. The fourth-order valence-corrected chi connectivity index (χ4v) is 6.23. The van der Waals surface area contributed by atoms with Crippen molar-refractivity contribution in [2.24, 2.45) is 0 Å². The number of aliphatic carboxylic acids is 1. The Balaban J connectivity index is 1.30. The average Bonchev–Trinajstić information content (AvgIpc) is 3.12. The normalized spacial score (nSPS) is 21.4. The van der Waals surface area contributed by atoms with Crippen LogP contribution in [-0.2, 0) is 19.1 Å². The fraction of sp³-hybridized carbons (Fsp3) is 0.389. The Morgan fingerprint density at radius 1 is 0.880 bits per heavy atom. The molecule has 0 bridgehead atoms. The van der Waals surface area contributed by atoms with Gasteiger partial charge in [-0.25, -0.2) is 4.79 Å². The van der Waals surface area contributed by atoms with E-state index in [0.717, 1.165) is 11.1 Å². The van der Waals surface area contributed by atoms with E-state index in [4.69, 9.17) is 9.47 Å². The molecule has 7 N–H and O–H groups in total. The van der Waals surface area contributed by atoms with Crippen LogP contribution in [0, 0.1) is 0 Å². The van der Waals surface area contributed by atoms with Crippen LogP contribution in [0.1, 0.15) is 40.5 Å². The van der Waals surface area contributed by atoms with Crippen molar-refractivity contribution in [3.05, 3.63) is 96.1 Å². The summed E-state index contributed by atoms with van der Waals surface area (Å²) < 4.78 is 11.5. The molecule has 0 unspecified atom stereocenters. The van der Waals surface area contributed by atoms with Gasteiger partial charge in [0.15, 0.2) is 0 Å². The highest BCUT2D eigenvalue weighted by molar-refractivity contribution is 7.99. The summed E-state index contributed by atoms with van der Waals surface area (Å²) in [6, 6.07) is 23.9. The number of carboxylic acid groups (broad SMARTS) is 1. The van der Waals surface area contributed by atoms with Gasteiger partial charge in [-0.1, -0.05) is 60.7 Å². The van der Waals surface area contributed by atoms with E-state index in [2.05, 4.69) is 16.0 Å². The molecule has 0 aliphatic carbocycles. The SMILES string of the molecule is CC(=O)N[C@H]1[C@H]([C@H](O)[C@H](O)CNC(=O)c2ccc(-c3ccccc3)cc2)O[C@@](OCCCSCCNC(=O)c2ccccc2)(C(=O)O)C[C@@H]1O. The molecule has 1 fully saturated rings. The van der Waals surface area contributed by atoms with Crippen LogP contribution in [0.25, 0.3) is 11.1 Å². The van der Waals surface area contributed by atoms with Gasteiger partial charge in [0.05, 0.1) is 24.9 Å². The molecule has 14 heteroatoms. The van der Waals surface area contributed by atoms with Crippen molar-refractivity contribution >= 4 is 35.5 Å². The number of ether oxygens (including phenoxy) is 2. The highest BCUT2D eigenvalue weighted by Crippen LogP contribution is 2.34. The molecule has 1 aliphatic heterocycles. The molecule has 0 radical (unpaired) electrons. The third-order valence-electron chi connectivity index (χ3n) is 8.06. The predicted molar refractivity (Wildman–Crippen MR) is 186 cm³/mol. The van der Waals surface area contributed by atoms with Crippen molar-refractivity contribution in [2.45, 2.75) is 56.0 Å². The summed E-state index contributed by atoms with van der Waals surface area (Å²) >= 11 is 1.52. The van der Waals surface area contributed by atoms with Gasteiger partial charge >= 0.3 is 5.97 Å². The first-order valence-electron chi connectivity index (χ1n) is 16.2. The zero-order chi connectivity index (χ0) is 36.1. The number of rotatable bonds is 17. The van der Waals surface area contributed by atoms with Crippen molar-refractivity contribution in [1.82, 2.24) is 16.0 Å². The van der Waals surface area contributed by atoms with Crippen LogP contribution in [-0.4, -0.2) is 112 Å². The molecule has 0 saturated carbocycles. The van der Waals surface area contributed by atoms with Crippen LogP contribution < -0.4 is 16.0 Å². The van der Waals surface area contributed by atoms with Gasteiger partial charge < -0.3 is 45.9 Å². The average molecular weight is 710 g/mol. The van der Waals surface area contributed by atoms with Gasteiger partial charge in [-0.3, -0.25) is 14.4 Å². The number of benzene rings is 3. The minimum absolute atomic E-state index is 0.0856. The lowest BCUT2D eigenvalue weighted by Gasteiger charge is -2.46. The molecule has 3 aromatic carbocycles. The fourth-order valence-electron chi connectivity index (χ4n) is 5.46. The van der Waals surface area contributed by atoms with E-state index < -0.39 is 67.0 Å². The molecule has 268 valence electrons. The Labute approximate surface area is 294 Å². The molecular weight excluding hydrogens is 666 g/mol. The minimum Gasteiger partial charge on any atom is -0.477 e. The van der Waals surface area contributed by atoms with Crippen molar-refractivity contribution in [1.29, 1.82) is 0 Å². The summed E-state index contributed by atoms with van der Waals surface area (Å²) in [5.41, 5.74) is 2.75. The van der Waals surface area contributed by atoms with E-state index in [9.17, 15) is 39.6 Å². The maximum atomic E-state index is 12.8. The van der Waals surface area contributed by atoms with Gasteiger partial charge in [-0.2, -0.15) is 11.8 Å². The number of aliphatic hydroxyl groups excluding tert-OH is 3. The molecule has 4 rings (SSSR count). The van der Waals surface area contributed by atoms with E-state index in [1.54, 1.807) is 48.5 Å². The number of carbonyl (C=O) groups excluding carboxylic acids is 3. The first-order chi connectivity index (χ1) is 24.0. The molecule has 1 saturated heterocycles. The van der Waals surface area contributed by atoms with Crippen LogP contribution >= 0.6 is 11.8 Å².